The first-order valence-corrected chi connectivity index (χ1v) is 12.1. The second-order valence-corrected chi connectivity index (χ2v) is 10.4. The van der Waals surface area contributed by atoms with E-state index in [4.69, 9.17) is 0 Å². The summed E-state index contributed by atoms with van der Waals surface area (Å²) in [6.07, 6.45) is 7.66. The molecule has 2 nitrogen and oxygen atoms in total. The lowest BCUT2D eigenvalue weighted by Gasteiger charge is -2.35. The predicted molar refractivity (Wildman–Crippen MR) is 145 cm³/mol. The maximum absolute atomic E-state index is 4.25. The lowest BCUT2D eigenvalue weighted by Crippen LogP contribution is -2.25. The van der Waals surface area contributed by atoms with Gasteiger partial charge in [0.25, 0.3) is 0 Å². The fourth-order valence-electron chi connectivity index (χ4n) is 5.06. The molecule has 0 spiro atoms. The van der Waals surface area contributed by atoms with Crippen LogP contribution in [-0.4, -0.2) is 18.2 Å². The molecule has 33 heavy (non-hydrogen) atoms. The van der Waals surface area contributed by atoms with Gasteiger partial charge in [-0.25, -0.2) is 0 Å². The largest absolute Gasteiger partial charge is 0.343 e. The Morgan fingerprint density at radius 2 is 1.61 bits per heavy atom. The molecule has 1 aliphatic carbocycles. The van der Waals surface area contributed by atoms with Gasteiger partial charge in [0, 0.05) is 23.4 Å². The molecule has 174 valence electrons. The van der Waals surface area contributed by atoms with Crippen LogP contribution in [0.5, 0.6) is 0 Å². The third-order valence-corrected chi connectivity index (χ3v) is 6.42. The summed E-state index contributed by atoms with van der Waals surface area (Å²) in [5.74, 6) is 0. The highest BCUT2D eigenvalue weighted by Gasteiger charge is 2.26. The van der Waals surface area contributed by atoms with E-state index >= 15 is 0 Å². The Morgan fingerprint density at radius 1 is 0.970 bits per heavy atom. The number of nitrogens with zero attached hydrogens (tertiary/aromatic N) is 2. The van der Waals surface area contributed by atoms with Crippen molar-refractivity contribution >= 4 is 18.0 Å². The zero-order valence-electron chi connectivity index (χ0n) is 21.6. The number of rotatable bonds is 7. The summed E-state index contributed by atoms with van der Waals surface area (Å²) in [7, 11) is 0. The Bertz CT molecular complexity index is 1090. The summed E-state index contributed by atoms with van der Waals surface area (Å²) in [6.45, 7) is 20.5. The molecule has 0 atom stereocenters. The van der Waals surface area contributed by atoms with Crippen molar-refractivity contribution in [2.45, 2.75) is 67.7 Å². The number of hydrogen-bond donors (Lipinski definition) is 0. The van der Waals surface area contributed by atoms with Crippen molar-refractivity contribution in [1.82, 2.24) is 4.90 Å². The first-order valence-electron chi connectivity index (χ1n) is 12.1. The summed E-state index contributed by atoms with van der Waals surface area (Å²) in [4.78, 5) is 6.71. The van der Waals surface area contributed by atoms with Crippen molar-refractivity contribution in [3.63, 3.8) is 0 Å². The average molecular weight is 441 g/mol. The minimum Gasteiger partial charge on any atom is -0.343 e. The molecule has 0 bridgehead atoms. The molecule has 3 rings (SSSR count). The standard InChI is InChI=1S/C31H40N2/c1-9-33(29(21-32-8)30-23(3)14-12-15-24(30)4)28-18-17-25(20-31(5,6)7)19-27(28)26-16-11-10-13-22(26)2/h10-16,19,21H,8-9,17-18,20H2,1-7H3/b29-21-. The smallest absolute Gasteiger partial charge is 0.0672 e. The van der Waals surface area contributed by atoms with Gasteiger partial charge in [0.1, 0.15) is 0 Å². The Labute approximate surface area is 201 Å². The summed E-state index contributed by atoms with van der Waals surface area (Å²) < 4.78 is 0. The number of aryl methyl sites for hydroxylation is 3. The van der Waals surface area contributed by atoms with Crippen LogP contribution in [0.4, 0.5) is 0 Å². The molecule has 2 aromatic carbocycles. The average Bonchev–Trinajstić information content (AvgIpc) is 2.74. The van der Waals surface area contributed by atoms with Crippen LogP contribution in [0.2, 0.25) is 0 Å². The molecular weight excluding hydrogens is 400 g/mol. The lowest BCUT2D eigenvalue weighted by molar-refractivity contribution is 0.400. The van der Waals surface area contributed by atoms with Gasteiger partial charge in [-0.2, -0.15) is 0 Å². The maximum atomic E-state index is 4.25. The summed E-state index contributed by atoms with van der Waals surface area (Å²) in [5, 5.41) is 0. The lowest BCUT2D eigenvalue weighted by atomic mass is 9.81. The van der Waals surface area contributed by atoms with E-state index in [-0.39, 0.29) is 5.41 Å². The second kappa shape index (κ2) is 10.4. The fourth-order valence-corrected chi connectivity index (χ4v) is 5.06. The quantitative estimate of drug-likeness (QED) is 0.394. The number of allylic oxidation sites excluding steroid dienone is 4. The van der Waals surface area contributed by atoms with Crippen LogP contribution in [0, 0.1) is 26.2 Å². The van der Waals surface area contributed by atoms with Gasteiger partial charge in [-0.05, 0) is 81.3 Å². The van der Waals surface area contributed by atoms with Crippen LogP contribution in [0.25, 0.3) is 11.3 Å². The van der Waals surface area contributed by atoms with Gasteiger partial charge < -0.3 is 4.90 Å². The summed E-state index contributed by atoms with van der Waals surface area (Å²) >= 11 is 0. The molecule has 2 heteroatoms. The molecule has 0 saturated carbocycles. The Morgan fingerprint density at radius 3 is 2.18 bits per heavy atom. The van der Waals surface area contributed by atoms with Gasteiger partial charge in [0.2, 0.25) is 0 Å². The van der Waals surface area contributed by atoms with Crippen LogP contribution in [0.3, 0.4) is 0 Å². The van der Waals surface area contributed by atoms with Gasteiger partial charge in [-0.3, -0.25) is 4.99 Å². The van der Waals surface area contributed by atoms with Crippen LogP contribution in [-0.2, 0) is 0 Å². The van der Waals surface area contributed by atoms with E-state index in [0.717, 1.165) is 31.5 Å². The minimum absolute atomic E-state index is 0.278. The van der Waals surface area contributed by atoms with Gasteiger partial charge in [0.15, 0.2) is 0 Å². The molecule has 0 radical (unpaired) electrons. The van der Waals surface area contributed by atoms with E-state index in [1.807, 2.05) is 6.20 Å². The number of benzene rings is 2. The molecule has 0 fully saturated rings. The molecule has 0 aromatic heterocycles. The molecule has 0 aliphatic heterocycles. The summed E-state index contributed by atoms with van der Waals surface area (Å²) in [6, 6.07) is 15.3. The van der Waals surface area contributed by atoms with Crippen molar-refractivity contribution < 1.29 is 0 Å². The van der Waals surface area contributed by atoms with Crippen molar-refractivity contribution in [3.05, 3.63) is 93.8 Å². The third kappa shape index (κ3) is 5.74. The number of aliphatic imine (C=N–C) groups is 1. The Hall–Kier alpha value is -2.87. The van der Waals surface area contributed by atoms with Crippen molar-refractivity contribution in [2.24, 2.45) is 10.4 Å². The third-order valence-electron chi connectivity index (χ3n) is 6.42. The van der Waals surface area contributed by atoms with Crippen LogP contribution >= 0.6 is 0 Å². The first kappa shape index (κ1) is 24.8. The maximum Gasteiger partial charge on any atom is 0.0672 e. The highest BCUT2D eigenvalue weighted by Crippen LogP contribution is 2.41. The summed E-state index contributed by atoms with van der Waals surface area (Å²) in [5.41, 5.74) is 12.1. The molecular formula is C31H40N2. The van der Waals surface area contributed by atoms with Crippen molar-refractivity contribution in [3.8, 4) is 0 Å². The van der Waals surface area contributed by atoms with Crippen LogP contribution in [0.15, 0.2) is 71.0 Å². The first-order chi connectivity index (χ1) is 15.7. The molecule has 0 unspecified atom stereocenters. The SMILES string of the molecule is C=N/C=C(/c1c(C)cccc1C)N(CC)C1=C(c2ccccc2C)C=C(CC(C)(C)C)CC1. The predicted octanol–water partition coefficient (Wildman–Crippen LogP) is 8.50. The van der Waals surface area contributed by atoms with E-state index in [1.54, 1.807) is 5.57 Å². The van der Waals surface area contributed by atoms with Gasteiger partial charge in [0.05, 0.1) is 11.9 Å². The van der Waals surface area contributed by atoms with E-state index in [9.17, 15) is 0 Å². The Kier molecular flexibility index (Phi) is 7.79. The highest BCUT2D eigenvalue weighted by molar-refractivity contribution is 5.82. The molecule has 0 N–H and O–H groups in total. The van der Waals surface area contributed by atoms with Gasteiger partial charge in [-0.15, -0.1) is 0 Å². The van der Waals surface area contributed by atoms with E-state index in [1.165, 1.54) is 39.1 Å². The van der Waals surface area contributed by atoms with Crippen LogP contribution in [0.1, 0.15) is 74.8 Å². The molecule has 2 aromatic rings. The zero-order chi connectivity index (χ0) is 24.2. The fraction of sp³-hybridized carbons (Fsp3) is 0.387. The van der Waals surface area contributed by atoms with E-state index in [2.05, 4.69) is 114 Å². The van der Waals surface area contributed by atoms with E-state index in [0.29, 0.717) is 0 Å². The highest BCUT2D eigenvalue weighted by atomic mass is 15.2. The molecule has 0 heterocycles. The molecule has 0 amide bonds. The number of hydrogen-bond acceptors (Lipinski definition) is 2. The zero-order valence-corrected chi connectivity index (χ0v) is 21.6. The van der Waals surface area contributed by atoms with Crippen molar-refractivity contribution in [1.29, 1.82) is 0 Å². The van der Waals surface area contributed by atoms with Crippen molar-refractivity contribution in [2.75, 3.05) is 6.54 Å². The second-order valence-electron chi connectivity index (χ2n) is 10.4. The monoisotopic (exact) mass is 440 g/mol. The van der Waals surface area contributed by atoms with Gasteiger partial charge >= 0.3 is 0 Å². The Balaban J connectivity index is 2.25. The molecule has 0 saturated heterocycles. The van der Waals surface area contributed by atoms with E-state index < -0.39 is 0 Å². The molecule has 1 aliphatic rings. The van der Waals surface area contributed by atoms with Crippen LogP contribution < -0.4 is 0 Å². The van der Waals surface area contributed by atoms with Gasteiger partial charge in [-0.1, -0.05) is 74.9 Å². The minimum atomic E-state index is 0.278. The normalized spacial score (nSPS) is 14.9. The topological polar surface area (TPSA) is 15.6 Å².